The number of benzene rings is 5. The van der Waals surface area contributed by atoms with E-state index in [0.29, 0.717) is 29.2 Å². The van der Waals surface area contributed by atoms with Crippen molar-refractivity contribution in [3.05, 3.63) is 167 Å². The summed E-state index contributed by atoms with van der Waals surface area (Å²) in [5, 5.41) is 5.59. The third-order valence-electron chi connectivity index (χ3n) is 6.92. The molecule has 0 aliphatic carbocycles. The van der Waals surface area contributed by atoms with E-state index in [0.717, 1.165) is 22.3 Å². The SMILES string of the molecule is CCOc1ccccc1/C=C/C(=O)c1ccc(NC(=O)/C(=C/c2ccc(-c3ccccc3)cc2)NC(=O)c2ccccc2)cc1. The average molecular weight is 593 g/mol. The molecule has 6 nitrogen and oxygen atoms in total. The molecule has 0 aromatic heterocycles. The summed E-state index contributed by atoms with van der Waals surface area (Å²) >= 11 is 0. The van der Waals surface area contributed by atoms with Gasteiger partial charge in [-0.05, 0) is 84.3 Å². The second-order valence-corrected chi connectivity index (χ2v) is 10.1. The van der Waals surface area contributed by atoms with Crippen molar-refractivity contribution in [3.8, 4) is 16.9 Å². The van der Waals surface area contributed by atoms with Crippen LogP contribution in [0.15, 0.2) is 145 Å². The molecule has 5 aromatic rings. The van der Waals surface area contributed by atoms with E-state index in [1.54, 1.807) is 60.7 Å². The molecule has 0 bridgehead atoms. The molecule has 45 heavy (non-hydrogen) atoms. The largest absolute Gasteiger partial charge is 0.493 e. The van der Waals surface area contributed by atoms with E-state index >= 15 is 0 Å². The van der Waals surface area contributed by atoms with Gasteiger partial charge in [0, 0.05) is 22.4 Å². The fourth-order valence-corrected chi connectivity index (χ4v) is 4.59. The van der Waals surface area contributed by atoms with Crippen LogP contribution in [-0.4, -0.2) is 24.2 Å². The van der Waals surface area contributed by atoms with Crippen molar-refractivity contribution >= 4 is 35.4 Å². The first kappa shape index (κ1) is 30.4. The van der Waals surface area contributed by atoms with Crippen molar-refractivity contribution in [3.63, 3.8) is 0 Å². The minimum atomic E-state index is -0.502. The Balaban J connectivity index is 1.32. The predicted octanol–water partition coefficient (Wildman–Crippen LogP) is 8.06. The first-order valence-electron chi connectivity index (χ1n) is 14.6. The van der Waals surface area contributed by atoms with Crippen LogP contribution < -0.4 is 15.4 Å². The Morgan fingerprint density at radius 1 is 0.667 bits per heavy atom. The Morgan fingerprint density at radius 2 is 1.29 bits per heavy atom. The topological polar surface area (TPSA) is 84.5 Å². The number of ether oxygens (including phenoxy) is 1. The maximum Gasteiger partial charge on any atom is 0.272 e. The Kier molecular flexibility index (Phi) is 10.1. The molecule has 0 aliphatic rings. The lowest BCUT2D eigenvalue weighted by Crippen LogP contribution is -2.30. The molecule has 222 valence electrons. The van der Waals surface area contributed by atoms with Crippen LogP contribution in [-0.2, 0) is 4.79 Å². The summed E-state index contributed by atoms with van der Waals surface area (Å²) in [5.74, 6) is -0.388. The van der Waals surface area contributed by atoms with Gasteiger partial charge in [-0.1, -0.05) is 91.0 Å². The second kappa shape index (κ2) is 14.9. The number of amides is 2. The summed E-state index contributed by atoms with van der Waals surface area (Å²) in [6.45, 7) is 2.44. The quantitative estimate of drug-likeness (QED) is 0.120. The van der Waals surface area contributed by atoms with E-state index in [1.807, 2.05) is 91.9 Å². The van der Waals surface area contributed by atoms with Gasteiger partial charge >= 0.3 is 0 Å². The van der Waals surface area contributed by atoms with Crippen LogP contribution >= 0.6 is 0 Å². The molecule has 2 N–H and O–H groups in total. The number of carbonyl (C=O) groups excluding carboxylic acids is 3. The van der Waals surface area contributed by atoms with Crippen LogP contribution in [0, 0.1) is 0 Å². The van der Waals surface area contributed by atoms with Gasteiger partial charge in [-0.3, -0.25) is 14.4 Å². The number of anilines is 1. The van der Waals surface area contributed by atoms with Crippen molar-refractivity contribution in [1.82, 2.24) is 5.32 Å². The van der Waals surface area contributed by atoms with Crippen molar-refractivity contribution in [2.45, 2.75) is 6.92 Å². The summed E-state index contributed by atoms with van der Waals surface area (Å²) in [5.41, 5.74) is 5.11. The van der Waals surface area contributed by atoms with Crippen molar-refractivity contribution in [2.75, 3.05) is 11.9 Å². The number of carbonyl (C=O) groups is 3. The zero-order valence-electron chi connectivity index (χ0n) is 24.8. The van der Waals surface area contributed by atoms with Gasteiger partial charge in [-0.15, -0.1) is 0 Å². The van der Waals surface area contributed by atoms with Gasteiger partial charge < -0.3 is 15.4 Å². The standard InChI is InChI=1S/C39H32N2O4/c1-2-45-37-16-10-9-13-32(37)23-26-36(42)31-21-24-34(25-22-31)40-39(44)35(41-38(43)33-14-7-4-8-15-33)27-28-17-19-30(20-18-28)29-11-5-3-6-12-29/h3-27H,2H2,1H3,(H,40,44)(H,41,43)/b26-23+,35-27-. The maximum atomic E-state index is 13.5. The minimum Gasteiger partial charge on any atom is -0.493 e. The van der Waals surface area contributed by atoms with E-state index in [2.05, 4.69) is 10.6 Å². The highest BCUT2D eigenvalue weighted by atomic mass is 16.5. The third-order valence-corrected chi connectivity index (χ3v) is 6.92. The highest BCUT2D eigenvalue weighted by molar-refractivity contribution is 6.11. The number of nitrogens with one attached hydrogen (secondary N) is 2. The molecule has 5 rings (SSSR count). The lowest BCUT2D eigenvalue weighted by atomic mass is 10.0. The van der Waals surface area contributed by atoms with E-state index in [1.165, 1.54) is 6.08 Å². The van der Waals surface area contributed by atoms with Crippen LogP contribution in [0.25, 0.3) is 23.3 Å². The highest BCUT2D eigenvalue weighted by Gasteiger charge is 2.15. The molecule has 0 radical (unpaired) electrons. The van der Waals surface area contributed by atoms with Gasteiger partial charge in [-0.25, -0.2) is 0 Å². The molecule has 0 saturated heterocycles. The average Bonchev–Trinajstić information content (AvgIpc) is 3.09. The number of allylic oxidation sites excluding steroid dienone is 1. The molecule has 0 fully saturated rings. The van der Waals surface area contributed by atoms with Crippen molar-refractivity contribution < 1.29 is 19.1 Å². The lowest BCUT2D eigenvalue weighted by Gasteiger charge is -2.12. The van der Waals surface area contributed by atoms with E-state index in [4.69, 9.17) is 4.74 Å². The van der Waals surface area contributed by atoms with Gasteiger partial charge in [0.1, 0.15) is 11.4 Å². The molecule has 0 aliphatic heterocycles. The zero-order chi connectivity index (χ0) is 31.4. The second-order valence-electron chi connectivity index (χ2n) is 10.1. The third kappa shape index (κ3) is 8.30. The zero-order valence-corrected chi connectivity index (χ0v) is 24.8. The molecule has 0 atom stereocenters. The summed E-state index contributed by atoms with van der Waals surface area (Å²) in [6, 6.07) is 40.5. The molecular weight excluding hydrogens is 560 g/mol. The summed E-state index contributed by atoms with van der Waals surface area (Å²) in [4.78, 5) is 39.3. The smallest absolute Gasteiger partial charge is 0.272 e. The minimum absolute atomic E-state index is 0.0763. The normalized spacial score (nSPS) is 11.2. The van der Waals surface area contributed by atoms with E-state index in [-0.39, 0.29) is 11.5 Å². The Morgan fingerprint density at radius 3 is 1.98 bits per heavy atom. The Labute approximate surface area is 262 Å². The van der Waals surface area contributed by atoms with E-state index < -0.39 is 11.8 Å². The summed E-state index contributed by atoms with van der Waals surface area (Å²) < 4.78 is 5.62. The van der Waals surface area contributed by atoms with Crippen molar-refractivity contribution in [1.29, 1.82) is 0 Å². The van der Waals surface area contributed by atoms with Crippen molar-refractivity contribution in [2.24, 2.45) is 0 Å². The van der Waals surface area contributed by atoms with Gasteiger partial charge in [0.2, 0.25) is 0 Å². The summed E-state index contributed by atoms with van der Waals surface area (Å²) in [7, 11) is 0. The first-order valence-corrected chi connectivity index (χ1v) is 14.6. The van der Waals surface area contributed by atoms with Crippen LogP contribution in [0.2, 0.25) is 0 Å². The molecule has 0 spiro atoms. The molecule has 0 heterocycles. The Bertz CT molecular complexity index is 1830. The number of hydrogen-bond donors (Lipinski definition) is 2. The molecule has 2 amide bonds. The number of para-hydroxylation sites is 1. The number of rotatable bonds is 11. The maximum absolute atomic E-state index is 13.5. The molecule has 0 saturated carbocycles. The van der Waals surface area contributed by atoms with Crippen LogP contribution in [0.5, 0.6) is 5.75 Å². The van der Waals surface area contributed by atoms with Gasteiger partial charge in [0.25, 0.3) is 11.8 Å². The van der Waals surface area contributed by atoms with Gasteiger partial charge in [0.05, 0.1) is 6.61 Å². The molecule has 6 heteroatoms. The van der Waals surface area contributed by atoms with Gasteiger partial charge in [-0.2, -0.15) is 0 Å². The first-order chi connectivity index (χ1) is 22.0. The molecular formula is C39H32N2O4. The molecule has 5 aromatic carbocycles. The Hall–Kier alpha value is -6.01. The fourth-order valence-electron chi connectivity index (χ4n) is 4.59. The van der Waals surface area contributed by atoms with Gasteiger partial charge in [0.15, 0.2) is 5.78 Å². The number of hydrogen-bond acceptors (Lipinski definition) is 4. The lowest BCUT2D eigenvalue weighted by molar-refractivity contribution is -0.113. The van der Waals surface area contributed by atoms with Crippen LogP contribution in [0.1, 0.15) is 38.8 Å². The van der Waals surface area contributed by atoms with E-state index in [9.17, 15) is 14.4 Å². The monoisotopic (exact) mass is 592 g/mol. The van der Waals surface area contributed by atoms with Crippen LogP contribution in [0.3, 0.4) is 0 Å². The predicted molar refractivity (Wildman–Crippen MR) is 180 cm³/mol. The van der Waals surface area contributed by atoms with Crippen LogP contribution in [0.4, 0.5) is 5.69 Å². The molecule has 0 unspecified atom stereocenters. The highest BCUT2D eigenvalue weighted by Crippen LogP contribution is 2.22. The number of ketones is 1. The summed E-state index contributed by atoms with van der Waals surface area (Å²) in [6.07, 6.45) is 4.85. The fraction of sp³-hybridized carbons (Fsp3) is 0.0513.